The van der Waals surface area contributed by atoms with Gasteiger partial charge < -0.3 is 19.5 Å². The molecular formula is C23H23N3O4. The molecule has 0 saturated heterocycles. The van der Waals surface area contributed by atoms with Gasteiger partial charge in [0.05, 0.1) is 32.6 Å². The van der Waals surface area contributed by atoms with Gasteiger partial charge in [0.25, 0.3) is 0 Å². The van der Waals surface area contributed by atoms with Gasteiger partial charge in [-0.3, -0.25) is 4.79 Å². The molecule has 1 aliphatic carbocycles. The fraction of sp³-hybridized carbons (Fsp3) is 0.261. The number of ketones is 1. The Bertz CT molecular complexity index is 1040. The predicted molar refractivity (Wildman–Crippen MR) is 113 cm³/mol. The van der Waals surface area contributed by atoms with E-state index in [9.17, 15) is 4.79 Å². The third-order valence-electron chi connectivity index (χ3n) is 5.23. The molecule has 0 unspecified atom stereocenters. The number of rotatable bonds is 6. The van der Waals surface area contributed by atoms with Crippen LogP contribution < -0.4 is 19.5 Å². The first kappa shape index (κ1) is 19.7. The number of fused-ring (bicyclic) bond motifs is 1. The maximum absolute atomic E-state index is 12.8. The minimum absolute atomic E-state index is 0.0289. The van der Waals surface area contributed by atoms with Crippen molar-refractivity contribution in [1.29, 1.82) is 0 Å². The van der Waals surface area contributed by atoms with Crippen molar-refractivity contribution < 1.29 is 19.0 Å². The Balaban J connectivity index is 1.65. The summed E-state index contributed by atoms with van der Waals surface area (Å²) in [6.45, 7) is 0. The van der Waals surface area contributed by atoms with Crippen molar-refractivity contribution >= 4 is 17.4 Å². The normalized spacial score (nSPS) is 15.3. The second-order valence-electron chi connectivity index (χ2n) is 7.03. The van der Waals surface area contributed by atoms with Gasteiger partial charge in [-0.05, 0) is 42.2 Å². The molecule has 0 fully saturated rings. The fourth-order valence-corrected chi connectivity index (χ4v) is 3.73. The fourth-order valence-electron chi connectivity index (χ4n) is 3.73. The second kappa shape index (κ2) is 8.41. The Hall–Kier alpha value is -3.61. The number of anilines is 2. The van der Waals surface area contributed by atoms with E-state index in [2.05, 4.69) is 15.3 Å². The molecule has 1 aromatic heterocycles. The number of Topliss-reactive ketones (excluding diaryl/α,β-unsaturated/α-hetero) is 1. The molecule has 2 aromatic carbocycles. The third-order valence-corrected chi connectivity index (χ3v) is 5.23. The number of methoxy groups -OCH3 is 3. The molecular weight excluding hydrogens is 382 g/mol. The molecule has 1 aliphatic rings. The number of benzene rings is 2. The van der Waals surface area contributed by atoms with Crippen molar-refractivity contribution in [2.24, 2.45) is 0 Å². The minimum Gasteiger partial charge on any atom is -0.493 e. The topological polar surface area (TPSA) is 82.6 Å². The average Bonchev–Trinajstić information content (AvgIpc) is 2.78. The molecule has 0 bridgehead atoms. The first-order valence-electron chi connectivity index (χ1n) is 9.64. The number of aromatic nitrogens is 2. The Morgan fingerprint density at radius 3 is 2.30 bits per heavy atom. The Labute approximate surface area is 175 Å². The highest BCUT2D eigenvalue weighted by Crippen LogP contribution is 2.42. The summed E-state index contributed by atoms with van der Waals surface area (Å²) in [6, 6.07) is 13.5. The summed E-state index contributed by atoms with van der Waals surface area (Å²) in [6.07, 6.45) is 2.60. The summed E-state index contributed by atoms with van der Waals surface area (Å²) in [5.41, 5.74) is 3.15. The molecule has 7 heteroatoms. The molecule has 1 atom stereocenters. The van der Waals surface area contributed by atoms with E-state index in [1.165, 1.54) is 0 Å². The van der Waals surface area contributed by atoms with Crippen LogP contribution in [-0.4, -0.2) is 37.1 Å². The van der Waals surface area contributed by atoms with Crippen molar-refractivity contribution in [1.82, 2.24) is 9.97 Å². The maximum Gasteiger partial charge on any atom is 0.227 e. The van der Waals surface area contributed by atoms with Crippen LogP contribution in [0.25, 0.3) is 0 Å². The zero-order valence-electron chi connectivity index (χ0n) is 17.1. The molecule has 0 radical (unpaired) electrons. The number of nitrogens with zero attached hydrogens (tertiary/aromatic N) is 2. The zero-order valence-corrected chi connectivity index (χ0v) is 17.1. The monoisotopic (exact) mass is 405 g/mol. The third kappa shape index (κ3) is 3.78. The van der Waals surface area contributed by atoms with Gasteiger partial charge in [-0.25, -0.2) is 9.97 Å². The average molecular weight is 405 g/mol. The van der Waals surface area contributed by atoms with Gasteiger partial charge in [-0.2, -0.15) is 0 Å². The van der Waals surface area contributed by atoms with Crippen molar-refractivity contribution in [3.63, 3.8) is 0 Å². The molecule has 30 heavy (non-hydrogen) atoms. The van der Waals surface area contributed by atoms with Gasteiger partial charge in [0.2, 0.25) is 11.7 Å². The molecule has 7 nitrogen and oxygen atoms in total. The van der Waals surface area contributed by atoms with Crippen molar-refractivity contribution in [3.05, 3.63) is 65.5 Å². The summed E-state index contributed by atoms with van der Waals surface area (Å²) in [7, 11) is 4.73. The number of hydrogen-bond donors (Lipinski definition) is 1. The number of ether oxygens (including phenoxy) is 3. The summed E-state index contributed by atoms with van der Waals surface area (Å²) in [5, 5.41) is 3.18. The number of nitrogens with one attached hydrogen (secondary N) is 1. The standard InChI is InChI=1S/C23H23N3O4/c1-28-20-11-15(12-21(29-2)22(20)30-3)14-9-18-17(19(27)10-14)13-24-23(26-18)25-16-7-5-4-6-8-16/h4-8,11-14H,9-10H2,1-3H3,(H,24,25,26)/t14-/m0/s1. The summed E-state index contributed by atoms with van der Waals surface area (Å²) in [5.74, 6) is 2.12. The van der Waals surface area contributed by atoms with Crippen molar-refractivity contribution in [2.75, 3.05) is 26.6 Å². The van der Waals surface area contributed by atoms with Crippen LogP contribution in [-0.2, 0) is 6.42 Å². The van der Waals surface area contributed by atoms with E-state index >= 15 is 0 Å². The number of carbonyl (C=O) groups excluding carboxylic acids is 1. The lowest BCUT2D eigenvalue weighted by molar-refractivity contribution is 0.0962. The van der Waals surface area contributed by atoms with E-state index in [1.807, 2.05) is 42.5 Å². The van der Waals surface area contributed by atoms with Crippen LogP contribution >= 0.6 is 0 Å². The zero-order chi connectivity index (χ0) is 21.1. The smallest absolute Gasteiger partial charge is 0.227 e. The van der Waals surface area contributed by atoms with E-state index in [-0.39, 0.29) is 11.7 Å². The molecule has 0 spiro atoms. The molecule has 1 N–H and O–H groups in total. The Morgan fingerprint density at radius 2 is 1.67 bits per heavy atom. The molecule has 0 saturated carbocycles. The first-order chi connectivity index (χ1) is 14.6. The van der Waals surface area contributed by atoms with Crippen LogP contribution in [0.15, 0.2) is 48.7 Å². The quantitative estimate of drug-likeness (QED) is 0.659. The van der Waals surface area contributed by atoms with E-state index < -0.39 is 0 Å². The van der Waals surface area contributed by atoms with E-state index in [1.54, 1.807) is 27.5 Å². The van der Waals surface area contributed by atoms with Crippen LogP contribution in [0, 0.1) is 0 Å². The predicted octanol–water partition coefficient (Wildman–Crippen LogP) is 4.16. The van der Waals surface area contributed by atoms with Gasteiger partial charge in [-0.15, -0.1) is 0 Å². The Morgan fingerprint density at radius 1 is 0.967 bits per heavy atom. The lowest BCUT2D eigenvalue weighted by atomic mass is 9.82. The van der Waals surface area contributed by atoms with Crippen LogP contribution in [0.5, 0.6) is 17.2 Å². The van der Waals surface area contributed by atoms with Crippen LogP contribution in [0.2, 0.25) is 0 Å². The SMILES string of the molecule is COc1cc([C@@H]2CC(=O)c3cnc(Nc4ccccc4)nc3C2)cc(OC)c1OC. The lowest BCUT2D eigenvalue weighted by Crippen LogP contribution is -2.21. The lowest BCUT2D eigenvalue weighted by Gasteiger charge is -2.24. The number of carbonyl (C=O) groups is 1. The highest BCUT2D eigenvalue weighted by molar-refractivity contribution is 5.98. The molecule has 1 heterocycles. The molecule has 0 aliphatic heterocycles. The van der Waals surface area contributed by atoms with Gasteiger partial charge in [-0.1, -0.05) is 18.2 Å². The Kier molecular flexibility index (Phi) is 5.52. The van der Waals surface area contributed by atoms with Gasteiger partial charge in [0, 0.05) is 18.3 Å². The van der Waals surface area contributed by atoms with E-state index in [0.717, 1.165) is 16.9 Å². The minimum atomic E-state index is -0.0434. The van der Waals surface area contributed by atoms with Gasteiger partial charge >= 0.3 is 0 Å². The van der Waals surface area contributed by atoms with Crippen molar-refractivity contribution in [2.45, 2.75) is 18.8 Å². The second-order valence-corrected chi connectivity index (χ2v) is 7.03. The van der Waals surface area contributed by atoms with E-state index in [4.69, 9.17) is 14.2 Å². The number of para-hydroxylation sites is 1. The maximum atomic E-state index is 12.8. The summed E-state index contributed by atoms with van der Waals surface area (Å²) < 4.78 is 16.3. The summed E-state index contributed by atoms with van der Waals surface area (Å²) in [4.78, 5) is 21.7. The largest absolute Gasteiger partial charge is 0.493 e. The molecule has 154 valence electrons. The summed E-state index contributed by atoms with van der Waals surface area (Å²) >= 11 is 0. The molecule has 3 aromatic rings. The highest BCUT2D eigenvalue weighted by Gasteiger charge is 2.29. The molecule has 0 amide bonds. The van der Waals surface area contributed by atoms with Gasteiger partial charge in [0.1, 0.15) is 0 Å². The number of hydrogen-bond acceptors (Lipinski definition) is 7. The van der Waals surface area contributed by atoms with Gasteiger partial charge in [0.15, 0.2) is 17.3 Å². The van der Waals surface area contributed by atoms with Crippen LogP contribution in [0.1, 0.15) is 34.0 Å². The first-order valence-corrected chi connectivity index (χ1v) is 9.64. The van der Waals surface area contributed by atoms with Crippen molar-refractivity contribution in [3.8, 4) is 17.2 Å². The van der Waals surface area contributed by atoms with E-state index in [0.29, 0.717) is 41.6 Å². The van der Waals surface area contributed by atoms with Crippen LogP contribution in [0.3, 0.4) is 0 Å². The molecule has 4 rings (SSSR count). The van der Waals surface area contributed by atoms with Crippen LogP contribution in [0.4, 0.5) is 11.6 Å². The highest BCUT2D eigenvalue weighted by atomic mass is 16.5.